The number of alkyl halides is 3. The van der Waals surface area contributed by atoms with Crippen LogP contribution in [-0.2, 0) is 10.1 Å². The van der Waals surface area contributed by atoms with Crippen LogP contribution in [0.1, 0.15) is 28.2 Å². The van der Waals surface area contributed by atoms with E-state index in [9.17, 15) is 13.6 Å². The molecule has 6 heteroatoms. The fourth-order valence-electron chi connectivity index (χ4n) is 1.04. The molecule has 0 aliphatic heterocycles. The molecule has 0 radical (unpaired) electrons. The summed E-state index contributed by atoms with van der Waals surface area (Å²) >= 11 is 3.07. The van der Waals surface area contributed by atoms with Gasteiger partial charge in [0.2, 0.25) is 0 Å². The van der Waals surface area contributed by atoms with Crippen molar-refractivity contribution in [1.29, 1.82) is 0 Å². The highest BCUT2D eigenvalue weighted by Crippen LogP contribution is 2.20. The molecule has 0 bridgehead atoms. The van der Waals surface area contributed by atoms with Gasteiger partial charge in [-0.25, -0.2) is 13.6 Å². The summed E-state index contributed by atoms with van der Waals surface area (Å²) in [7, 11) is 1.22. The maximum atomic E-state index is 12.3. The summed E-state index contributed by atoms with van der Waals surface area (Å²) in [6.07, 6.45) is -2.64. The lowest BCUT2D eigenvalue weighted by Crippen LogP contribution is -2.08. The maximum absolute atomic E-state index is 12.3. The van der Waals surface area contributed by atoms with E-state index in [-0.39, 0.29) is 22.3 Å². The number of carbonyl (C=O) groups excluding carboxylic acids is 1. The van der Waals surface area contributed by atoms with Gasteiger partial charge in [0.05, 0.1) is 18.4 Å². The maximum Gasteiger partial charge on any atom is 0.339 e. The van der Waals surface area contributed by atoms with Crippen molar-refractivity contribution in [3.05, 3.63) is 29.1 Å². The molecule has 0 saturated carbocycles. The first kappa shape index (κ1) is 12.0. The van der Waals surface area contributed by atoms with Crippen LogP contribution < -0.4 is 0 Å². The minimum atomic E-state index is -2.64. The van der Waals surface area contributed by atoms with Crippen LogP contribution in [0.5, 0.6) is 0 Å². The molecule has 82 valence electrons. The van der Waals surface area contributed by atoms with Gasteiger partial charge in [-0.1, -0.05) is 15.9 Å². The Morgan fingerprint density at radius 2 is 2.27 bits per heavy atom. The Bertz CT molecular complexity index is 371. The first-order chi connectivity index (χ1) is 7.10. The number of methoxy groups -OCH3 is 1. The fourth-order valence-corrected chi connectivity index (χ4v) is 1.46. The molecular weight excluding hydrogens is 272 g/mol. The van der Waals surface area contributed by atoms with Crippen molar-refractivity contribution in [1.82, 2.24) is 4.98 Å². The van der Waals surface area contributed by atoms with Gasteiger partial charge in [-0.05, 0) is 12.1 Å². The molecule has 1 rings (SSSR count). The number of pyridine rings is 1. The Balaban J connectivity index is 3.15. The van der Waals surface area contributed by atoms with E-state index in [4.69, 9.17) is 0 Å². The SMILES string of the molecule is COC(=O)c1ccc(C(F)F)nc1CBr. The zero-order chi connectivity index (χ0) is 11.4. The Kier molecular flexibility index (Phi) is 4.14. The third kappa shape index (κ3) is 2.71. The van der Waals surface area contributed by atoms with Crippen molar-refractivity contribution in [3.63, 3.8) is 0 Å². The van der Waals surface area contributed by atoms with Crippen LogP contribution >= 0.6 is 15.9 Å². The fraction of sp³-hybridized carbons (Fsp3) is 0.333. The molecule has 0 aliphatic carbocycles. The van der Waals surface area contributed by atoms with Gasteiger partial charge >= 0.3 is 5.97 Å². The number of hydrogen-bond donors (Lipinski definition) is 0. The molecule has 0 spiro atoms. The number of esters is 1. The molecule has 0 saturated heterocycles. The molecule has 1 aromatic rings. The Morgan fingerprint density at radius 1 is 1.60 bits per heavy atom. The second-order valence-corrected chi connectivity index (χ2v) is 3.22. The Hall–Kier alpha value is -1.04. The first-order valence-corrected chi connectivity index (χ1v) is 5.14. The predicted molar refractivity (Wildman–Crippen MR) is 53.2 cm³/mol. The Labute approximate surface area is 93.6 Å². The van der Waals surface area contributed by atoms with Crippen molar-refractivity contribution in [3.8, 4) is 0 Å². The number of nitrogens with zero attached hydrogens (tertiary/aromatic N) is 1. The zero-order valence-corrected chi connectivity index (χ0v) is 9.42. The summed E-state index contributed by atoms with van der Waals surface area (Å²) < 4.78 is 29.1. The smallest absolute Gasteiger partial charge is 0.339 e. The number of rotatable bonds is 3. The molecule has 0 N–H and O–H groups in total. The monoisotopic (exact) mass is 279 g/mol. The lowest BCUT2D eigenvalue weighted by Gasteiger charge is -2.06. The molecule has 0 amide bonds. The standard InChI is InChI=1S/C9H8BrF2NO2/c1-15-9(14)5-2-3-6(8(11)12)13-7(5)4-10/h2-3,8H,4H2,1H3. The molecule has 0 unspecified atom stereocenters. The van der Waals surface area contributed by atoms with E-state index >= 15 is 0 Å². The van der Waals surface area contributed by atoms with Crippen LogP contribution in [-0.4, -0.2) is 18.1 Å². The number of halogens is 3. The average Bonchev–Trinajstić information content (AvgIpc) is 2.27. The van der Waals surface area contributed by atoms with E-state index in [2.05, 4.69) is 25.7 Å². The molecule has 1 aromatic heterocycles. The van der Waals surface area contributed by atoms with Gasteiger partial charge in [0.25, 0.3) is 6.43 Å². The molecule has 3 nitrogen and oxygen atoms in total. The van der Waals surface area contributed by atoms with Gasteiger partial charge in [-0.2, -0.15) is 0 Å². The van der Waals surface area contributed by atoms with Crippen molar-refractivity contribution < 1.29 is 18.3 Å². The van der Waals surface area contributed by atoms with Gasteiger partial charge in [0.15, 0.2) is 0 Å². The minimum Gasteiger partial charge on any atom is -0.465 e. The van der Waals surface area contributed by atoms with Crippen LogP contribution in [0.25, 0.3) is 0 Å². The van der Waals surface area contributed by atoms with E-state index in [0.717, 1.165) is 6.07 Å². The second-order valence-electron chi connectivity index (χ2n) is 2.66. The number of hydrogen-bond acceptors (Lipinski definition) is 3. The van der Waals surface area contributed by atoms with E-state index in [1.807, 2.05) is 0 Å². The number of aromatic nitrogens is 1. The minimum absolute atomic E-state index is 0.193. The van der Waals surface area contributed by atoms with Crippen molar-refractivity contribution >= 4 is 21.9 Å². The first-order valence-electron chi connectivity index (χ1n) is 4.02. The van der Waals surface area contributed by atoms with Crippen LogP contribution in [0.15, 0.2) is 12.1 Å². The van der Waals surface area contributed by atoms with E-state index in [1.54, 1.807) is 0 Å². The molecule has 0 aliphatic rings. The summed E-state index contributed by atoms with van der Waals surface area (Å²) in [5.41, 5.74) is 0.0931. The van der Waals surface area contributed by atoms with Crippen LogP contribution in [0.2, 0.25) is 0 Å². The largest absolute Gasteiger partial charge is 0.465 e. The lowest BCUT2D eigenvalue weighted by atomic mass is 10.2. The van der Waals surface area contributed by atoms with Crippen molar-refractivity contribution in [2.75, 3.05) is 7.11 Å². The highest BCUT2D eigenvalue weighted by atomic mass is 79.9. The number of carbonyl (C=O) groups is 1. The summed E-state index contributed by atoms with van der Waals surface area (Å²) in [5, 5.41) is 0.220. The molecule has 0 atom stereocenters. The predicted octanol–water partition coefficient (Wildman–Crippen LogP) is 2.70. The summed E-state index contributed by atoms with van der Waals surface area (Å²) in [6, 6.07) is 2.40. The third-order valence-electron chi connectivity index (χ3n) is 1.75. The third-order valence-corrected chi connectivity index (χ3v) is 2.28. The molecule has 1 heterocycles. The van der Waals surface area contributed by atoms with Crippen LogP contribution in [0.4, 0.5) is 8.78 Å². The zero-order valence-electron chi connectivity index (χ0n) is 7.84. The topological polar surface area (TPSA) is 39.2 Å². The van der Waals surface area contributed by atoms with E-state index < -0.39 is 12.4 Å². The molecule has 15 heavy (non-hydrogen) atoms. The van der Waals surface area contributed by atoms with Gasteiger partial charge in [-0.3, -0.25) is 4.98 Å². The summed E-state index contributed by atoms with van der Waals surface area (Å²) in [4.78, 5) is 14.9. The molecule has 0 fully saturated rings. The molecule has 0 aromatic carbocycles. The number of ether oxygens (including phenoxy) is 1. The van der Waals surface area contributed by atoms with E-state index in [1.165, 1.54) is 13.2 Å². The van der Waals surface area contributed by atoms with Crippen LogP contribution in [0, 0.1) is 0 Å². The van der Waals surface area contributed by atoms with Gasteiger partial charge in [0, 0.05) is 5.33 Å². The average molecular weight is 280 g/mol. The second kappa shape index (κ2) is 5.16. The summed E-state index contributed by atoms with van der Waals surface area (Å²) in [5.74, 6) is -0.585. The van der Waals surface area contributed by atoms with Crippen molar-refractivity contribution in [2.45, 2.75) is 11.8 Å². The van der Waals surface area contributed by atoms with Gasteiger partial charge < -0.3 is 4.74 Å². The highest BCUT2D eigenvalue weighted by molar-refractivity contribution is 9.08. The van der Waals surface area contributed by atoms with E-state index in [0.29, 0.717) is 0 Å². The highest BCUT2D eigenvalue weighted by Gasteiger charge is 2.16. The summed E-state index contributed by atoms with van der Waals surface area (Å²) in [6.45, 7) is 0. The quantitative estimate of drug-likeness (QED) is 0.631. The van der Waals surface area contributed by atoms with Crippen molar-refractivity contribution in [2.24, 2.45) is 0 Å². The normalized spacial score (nSPS) is 10.5. The lowest BCUT2D eigenvalue weighted by molar-refractivity contribution is 0.0598. The Morgan fingerprint density at radius 3 is 2.73 bits per heavy atom. The van der Waals surface area contributed by atoms with Gasteiger partial charge in [-0.15, -0.1) is 0 Å². The van der Waals surface area contributed by atoms with Crippen LogP contribution in [0.3, 0.4) is 0 Å². The molecular formula is C9H8BrF2NO2. The van der Waals surface area contributed by atoms with Gasteiger partial charge in [0.1, 0.15) is 5.69 Å².